The highest BCUT2D eigenvalue weighted by Gasteiger charge is 2.14. The molecule has 1 aromatic heterocycles. The number of carbonyl (C=O) groups excluding carboxylic acids is 3. The van der Waals surface area contributed by atoms with Crippen LogP contribution in [-0.2, 0) is 17.6 Å². The van der Waals surface area contributed by atoms with Gasteiger partial charge in [-0.25, -0.2) is 0 Å². The summed E-state index contributed by atoms with van der Waals surface area (Å²) in [6.45, 7) is 0. The molecule has 3 rings (SSSR count). The molecule has 0 radical (unpaired) electrons. The first-order valence-corrected chi connectivity index (χ1v) is 9.29. The van der Waals surface area contributed by atoms with Gasteiger partial charge in [-0.05, 0) is 54.3 Å². The van der Waals surface area contributed by atoms with Crippen LogP contribution in [-0.4, -0.2) is 17.6 Å². The van der Waals surface area contributed by atoms with E-state index in [1.165, 1.54) is 28.9 Å². The second-order valence-electron chi connectivity index (χ2n) is 6.09. The van der Waals surface area contributed by atoms with Crippen molar-refractivity contribution in [2.24, 2.45) is 0 Å². The molecule has 1 aliphatic rings. The van der Waals surface area contributed by atoms with Gasteiger partial charge in [0.05, 0.1) is 4.88 Å². The first-order chi connectivity index (χ1) is 12.1. The maximum atomic E-state index is 12.3. The Morgan fingerprint density at radius 1 is 0.960 bits per heavy atom. The number of nitrogens with one attached hydrogen (secondary N) is 2. The van der Waals surface area contributed by atoms with Crippen LogP contribution in [0.15, 0.2) is 35.7 Å². The fourth-order valence-electron chi connectivity index (χ4n) is 2.94. The summed E-state index contributed by atoms with van der Waals surface area (Å²) in [4.78, 5) is 36.3. The standard InChI is InChI=1S/C19H20N2O3S/c22-16(15-8-7-13-4-1-2-5-14(13)12-15)9-10-18(23)20-21-19(24)17-6-3-11-25-17/h3,6-8,11-12H,1-2,4-5,9-10H2,(H,20,23)(H,21,24). The van der Waals surface area contributed by atoms with Crippen molar-refractivity contribution < 1.29 is 14.4 Å². The van der Waals surface area contributed by atoms with Crippen molar-refractivity contribution in [2.75, 3.05) is 0 Å². The molecular weight excluding hydrogens is 336 g/mol. The van der Waals surface area contributed by atoms with E-state index in [0.717, 1.165) is 19.3 Å². The molecule has 2 amide bonds. The van der Waals surface area contributed by atoms with E-state index >= 15 is 0 Å². The fourth-order valence-corrected chi connectivity index (χ4v) is 3.56. The van der Waals surface area contributed by atoms with Gasteiger partial charge in [0.2, 0.25) is 5.91 Å². The topological polar surface area (TPSA) is 75.3 Å². The zero-order valence-corrected chi connectivity index (χ0v) is 14.7. The number of hydrogen-bond donors (Lipinski definition) is 2. The number of carbonyl (C=O) groups is 3. The molecule has 2 aromatic rings. The van der Waals surface area contributed by atoms with Crippen molar-refractivity contribution in [3.63, 3.8) is 0 Å². The van der Waals surface area contributed by atoms with E-state index in [4.69, 9.17) is 0 Å². The second-order valence-corrected chi connectivity index (χ2v) is 7.04. The van der Waals surface area contributed by atoms with Gasteiger partial charge in [0.1, 0.15) is 0 Å². The highest BCUT2D eigenvalue weighted by molar-refractivity contribution is 7.12. The summed E-state index contributed by atoms with van der Waals surface area (Å²) in [5, 5.41) is 1.79. The van der Waals surface area contributed by atoms with Gasteiger partial charge < -0.3 is 0 Å². The highest BCUT2D eigenvalue weighted by Crippen LogP contribution is 2.22. The number of benzene rings is 1. The van der Waals surface area contributed by atoms with Crippen LogP contribution in [0.2, 0.25) is 0 Å². The zero-order chi connectivity index (χ0) is 17.6. The lowest BCUT2D eigenvalue weighted by Crippen LogP contribution is -2.41. The number of thiophene rings is 1. The summed E-state index contributed by atoms with van der Waals surface area (Å²) in [5.41, 5.74) is 7.94. The molecule has 1 aromatic carbocycles. The SMILES string of the molecule is O=C(CCC(=O)c1ccc2c(c1)CCCC2)NNC(=O)c1cccs1. The van der Waals surface area contributed by atoms with Gasteiger partial charge >= 0.3 is 0 Å². The molecule has 0 saturated carbocycles. The first-order valence-electron chi connectivity index (χ1n) is 8.41. The number of hydrogen-bond acceptors (Lipinski definition) is 4. The number of aryl methyl sites for hydroxylation is 2. The minimum absolute atomic E-state index is 0.0423. The Morgan fingerprint density at radius 3 is 2.52 bits per heavy atom. The first kappa shape index (κ1) is 17.4. The van der Waals surface area contributed by atoms with Crippen LogP contribution in [0.1, 0.15) is 56.8 Å². The third-order valence-corrected chi connectivity index (χ3v) is 5.18. The van der Waals surface area contributed by atoms with Crippen LogP contribution in [0, 0.1) is 0 Å². The Kier molecular flexibility index (Phi) is 5.60. The molecule has 0 unspecified atom stereocenters. The number of rotatable bonds is 5. The molecule has 0 aliphatic heterocycles. The Morgan fingerprint density at radius 2 is 1.76 bits per heavy atom. The van der Waals surface area contributed by atoms with Gasteiger partial charge in [-0.2, -0.15) is 0 Å². The normalized spacial score (nSPS) is 13.0. The van der Waals surface area contributed by atoms with E-state index < -0.39 is 0 Å². The summed E-state index contributed by atoms with van der Waals surface area (Å²) in [6.07, 6.45) is 4.64. The molecule has 0 spiro atoms. The van der Waals surface area contributed by atoms with Crippen LogP contribution >= 0.6 is 11.3 Å². The Labute approximate surface area is 150 Å². The van der Waals surface area contributed by atoms with E-state index in [1.54, 1.807) is 17.5 Å². The third-order valence-electron chi connectivity index (χ3n) is 4.31. The Bertz CT molecular complexity index is 784. The predicted molar refractivity (Wildman–Crippen MR) is 96.6 cm³/mol. The van der Waals surface area contributed by atoms with E-state index in [-0.39, 0.29) is 30.4 Å². The van der Waals surface area contributed by atoms with E-state index in [1.807, 2.05) is 18.2 Å². The number of hydrazine groups is 1. The maximum absolute atomic E-state index is 12.3. The van der Waals surface area contributed by atoms with Crippen molar-refractivity contribution in [1.82, 2.24) is 10.9 Å². The molecule has 0 bridgehead atoms. The molecule has 130 valence electrons. The summed E-state index contributed by atoms with van der Waals surface area (Å²) >= 11 is 1.29. The predicted octanol–water partition coefficient (Wildman–Crippen LogP) is 3.05. The fraction of sp³-hybridized carbons (Fsp3) is 0.316. The lowest BCUT2D eigenvalue weighted by Gasteiger charge is -2.16. The van der Waals surface area contributed by atoms with E-state index in [9.17, 15) is 14.4 Å². The van der Waals surface area contributed by atoms with Gasteiger partial charge in [-0.15, -0.1) is 11.3 Å². The van der Waals surface area contributed by atoms with Crippen molar-refractivity contribution in [1.29, 1.82) is 0 Å². The van der Waals surface area contributed by atoms with Gasteiger partial charge in [-0.1, -0.05) is 18.2 Å². The Balaban J connectivity index is 1.47. The third kappa shape index (κ3) is 4.54. The molecule has 2 N–H and O–H groups in total. The minimum atomic E-state index is -0.379. The summed E-state index contributed by atoms with van der Waals surface area (Å²) in [7, 11) is 0. The molecule has 25 heavy (non-hydrogen) atoms. The van der Waals surface area contributed by atoms with Crippen molar-refractivity contribution in [2.45, 2.75) is 38.5 Å². The minimum Gasteiger partial charge on any atom is -0.294 e. The van der Waals surface area contributed by atoms with Gasteiger partial charge in [-0.3, -0.25) is 25.2 Å². The average Bonchev–Trinajstić information content (AvgIpc) is 3.18. The van der Waals surface area contributed by atoms with Gasteiger partial charge in [0, 0.05) is 18.4 Å². The van der Waals surface area contributed by atoms with Crippen molar-refractivity contribution in [3.05, 3.63) is 57.3 Å². The van der Waals surface area contributed by atoms with Crippen LogP contribution in [0.3, 0.4) is 0 Å². The van der Waals surface area contributed by atoms with Crippen molar-refractivity contribution in [3.8, 4) is 0 Å². The molecule has 1 heterocycles. The Hall–Kier alpha value is -2.47. The van der Waals surface area contributed by atoms with Crippen LogP contribution in [0.4, 0.5) is 0 Å². The zero-order valence-electron chi connectivity index (χ0n) is 13.8. The monoisotopic (exact) mass is 356 g/mol. The molecule has 0 fully saturated rings. The molecule has 1 aliphatic carbocycles. The highest BCUT2D eigenvalue weighted by atomic mass is 32.1. The van der Waals surface area contributed by atoms with E-state index in [2.05, 4.69) is 10.9 Å². The summed E-state index contributed by atoms with van der Waals surface area (Å²) in [5.74, 6) is -0.784. The molecular formula is C19H20N2O3S. The summed E-state index contributed by atoms with van der Waals surface area (Å²) in [6, 6.07) is 9.28. The van der Waals surface area contributed by atoms with E-state index in [0.29, 0.717) is 10.4 Å². The molecule has 0 atom stereocenters. The largest absolute Gasteiger partial charge is 0.294 e. The maximum Gasteiger partial charge on any atom is 0.279 e. The van der Waals surface area contributed by atoms with Crippen LogP contribution in [0.5, 0.6) is 0 Å². The molecule has 5 nitrogen and oxygen atoms in total. The second kappa shape index (κ2) is 8.07. The molecule has 6 heteroatoms. The number of ketones is 1. The number of fused-ring (bicyclic) bond motifs is 1. The van der Waals surface area contributed by atoms with Gasteiger partial charge in [0.25, 0.3) is 5.91 Å². The lowest BCUT2D eigenvalue weighted by molar-refractivity contribution is -0.121. The van der Waals surface area contributed by atoms with Crippen molar-refractivity contribution >= 4 is 28.9 Å². The smallest absolute Gasteiger partial charge is 0.279 e. The quantitative estimate of drug-likeness (QED) is 0.639. The number of Topliss-reactive ketones (excluding diaryl/α,β-unsaturated/α-hetero) is 1. The average molecular weight is 356 g/mol. The van der Waals surface area contributed by atoms with Crippen LogP contribution < -0.4 is 10.9 Å². The van der Waals surface area contributed by atoms with Gasteiger partial charge in [0.15, 0.2) is 5.78 Å². The lowest BCUT2D eigenvalue weighted by atomic mass is 9.89. The van der Waals surface area contributed by atoms with Crippen LogP contribution in [0.25, 0.3) is 0 Å². The number of amides is 2. The summed E-state index contributed by atoms with van der Waals surface area (Å²) < 4.78 is 0. The molecule has 0 saturated heterocycles.